The first kappa shape index (κ1) is 22.9. The summed E-state index contributed by atoms with van der Waals surface area (Å²) < 4.78 is 7.25. The van der Waals surface area contributed by atoms with E-state index in [0.717, 1.165) is 16.8 Å². The van der Waals surface area contributed by atoms with Crippen LogP contribution in [0.5, 0.6) is 0 Å². The molecule has 0 aliphatic carbocycles. The molecule has 9 heteroatoms. The van der Waals surface area contributed by atoms with Gasteiger partial charge < -0.3 is 9.73 Å². The van der Waals surface area contributed by atoms with Crippen LogP contribution in [0.2, 0.25) is 5.02 Å². The molecule has 5 aromatic rings. The molecule has 3 aromatic heterocycles. The highest BCUT2D eigenvalue weighted by molar-refractivity contribution is 7.98. The Morgan fingerprint density at radius 2 is 1.86 bits per heavy atom. The molecule has 7 nitrogen and oxygen atoms in total. The SMILES string of the molecule is O=C(NCc1ccco1)c1cccc(CSc2nnc(-c3ccncc3)n2-c2cccc(Cl)c2)c1. The summed E-state index contributed by atoms with van der Waals surface area (Å²) in [6.45, 7) is 0.339. The predicted molar refractivity (Wildman–Crippen MR) is 135 cm³/mol. The van der Waals surface area contributed by atoms with Gasteiger partial charge in [-0.3, -0.25) is 14.3 Å². The van der Waals surface area contributed by atoms with E-state index in [4.69, 9.17) is 16.0 Å². The highest BCUT2D eigenvalue weighted by atomic mass is 35.5. The van der Waals surface area contributed by atoms with Gasteiger partial charge in [0.2, 0.25) is 0 Å². The standard InChI is InChI=1S/C26H20ClN5O2S/c27-21-6-2-7-22(15-21)32-24(19-9-11-28-12-10-19)30-31-26(32)35-17-18-4-1-5-20(14-18)25(33)29-16-23-8-3-13-34-23/h1-15H,16-17H2,(H,29,33). The highest BCUT2D eigenvalue weighted by Gasteiger charge is 2.17. The Bertz CT molecular complexity index is 1440. The average Bonchev–Trinajstić information content (AvgIpc) is 3.57. The molecule has 0 unspecified atom stereocenters. The number of amides is 1. The number of halogens is 1. The fourth-order valence-electron chi connectivity index (χ4n) is 3.53. The molecule has 0 saturated carbocycles. The summed E-state index contributed by atoms with van der Waals surface area (Å²) in [6, 6.07) is 22.5. The molecular weight excluding hydrogens is 482 g/mol. The van der Waals surface area contributed by atoms with Crippen LogP contribution in [0.15, 0.2) is 101 Å². The number of nitrogens with zero attached hydrogens (tertiary/aromatic N) is 4. The molecule has 1 N–H and O–H groups in total. The Morgan fingerprint density at radius 1 is 1.00 bits per heavy atom. The molecule has 5 rings (SSSR count). The van der Waals surface area contributed by atoms with E-state index in [0.29, 0.717) is 39.6 Å². The van der Waals surface area contributed by atoms with E-state index in [2.05, 4.69) is 20.5 Å². The van der Waals surface area contributed by atoms with Crippen molar-refractivity contribution in [3.8, 4) is 17.1 Å². The summed E-state index contributed by atoms with van der Waals surface area (Å²) in [6.07, 6.45) is 5.03. The number of carbonyl (C=O) groups is 1. The number of aromatic nitrogens is 4. The maximum Gasteiger partial charge on any atom is 0.251 e. The first-order valence-electron chi connectivity index (χ1n) is 10.8. The van der Waals surface area contributed by atoms with Gasteiger partial charge in [0.05, 0.1) is 18.5 Å². The summed E-state index contributed by atoms with van der Waals surface area (Å²) in [5.74, 6) is 1.85. The van der Waals surface area contributed by atoms with Crippen LogP contribution in [0.25, 0.3) is 17.1 Å². The molecule has 2 aromatic carbocycles. The Balaban J connectivity index is 1.37. The van der Waals surface area contributed by atoms with Gasteiger partial charge in [0, 0.05) is 34.3 Å². The van der Waals surface area contributed by atoms with Crippen LogP contribution in [0.3, 0.4) is 0 Å². The number of hydrogen-bond donors (Lipinski definition) is 1. The van der Waals surface area contributed by atoms with E-state index in [1.807, 2.05) is 65.2 Å². The lowest BCUT2D eigenvalue weighted by Gasteiger charge is -2.11. The third kappa shape index (κ3) is 5.45. The zero-order chi connectivity index (χ0) is 24.0. The summed E-state index contributed by atoms with van der Waals surface area (Å²) in [5, 5.41) is 13.1. The number of rotatable bonds is 8. The molecule has 1 amide bonds. The second-order valence-corrected chi connectivity index (χ2v) is 8.99. The lowest BCUT2D eigenvalue weighted by Crippen LogP contribution is -2.22. The number of hydrogen-bond acceptors (Lipinski definition) is 6. The van der Waals surface area contributed by atoms with Crippen LogP contribution in [-0.4, -0.2) is 25.7 Å². The van der Waals surface area contributed by atoms with E-state index < -0.39 is 0 Å². The molecule has 174 valence electrons. The molecule has 0 aliphatic heterocycles. The van der Waals surface area contributed by atoms with Gasteiger partial charge in [-0.2, -0.15) is 0 Å². The maximum absolute atomic E-state index is 12.6. The zero-order valence-corrected chi connectivity index (χ0v) is 20.0. The van der Waals surface area contributed by atoms with Crippen molar-refractivity contribution in [1.82, 2.24) is 25.1 Å². The largest absolute Gasteiger partial charge is 0.467 e. The van der Waals surface area contributed by atoms with E-state index in [1.54, 1.807) is 30.8 Å². The third-order valence-electron chi connectivity index (χ3n) is 5.20. The van der Waals surface area contributed by atoms with Crippen molar-refractivity contribution in [2.24, 2.45) is 0 Å². The molecule has 0 aliphatic rings. The second kappa shape index (κ2) is 10.6. The van der Waals surface area contributed by atoms with Crippen molar-refractivity contribution in [3.05, 3.63) is 113 Å². The lowest BCUT2D eigenvalue weighted by molar-refractivity contribution is 0.0948. The van der Waals surface area contributed by atoms with E-state index >= 15 is 0 Å². The van der Waals surface area contributed by atoms with Crippen LogP contribution < -0.4 is 5.32 Å². The molecule has 0 fully saturated rings. The normalized spacial score (nSPS) is 10.9. The summed E-state index contributed by atoms with van der Waals surface area (Å²) in [4.78, 5) is 16.7. The monoisotopic (exact) mass is 501 g/mol. The van der Waals surface area contributed by atoms with Crippen molar-refractivity contribution in [1.29, 1.82) is 0 Å². The first-order valence-corrected chi connectivity index (χ1v) is 12.2. The number of carbonyl (C=O) groups excluding carboxylic acids is 1. The van der Waals surface area contributed by atoms with Crippen LogP contribution in [0.1, 0.15) is 21.7 Å². The van der Waals surface area contributed by atoms with E-state index in [1.165, 1.54) is 11.8 Å². The Hall–Kier alpha value is -3.88. The zero-order valence-electron chi connectivity index (χ0n) is 18.5. The van der Waals surface area contributed by atoms with Gasteiger partial charge in [-0.1, -0.05) is 41.6 Å². The van der Waals surface area contributed by atoms with Crippen LogP contribution >= 0.6 is 23.4 Å². The van der Waals surface area contributed by atoms with Crippen LogP contribution in [0, 0.1) is 0 Å². The van der Waals surface area contributed by atoms with Gasteiger partial charge in [0.25, 0.3) is 5.91 Å². The van der Waals surface area contributed by atoms with Gasteiger partial charge in [0.15, 0.2) is 11.0 Å². The molecular formula is C26H20ClN5O2S. The Labute approximate surface area is 211 Å². The minimum atomic E-state index is -0.157. The summed E-state index contributed by atoms with van der Waals surface area (Å²) >= 11 is 7.81. The predicted octanol–water partition coefficient (Wildman–Crippen LogP) is 5.80. The number of pyridine rings is 1. The third-order valence-corrected chi connectivity index (χ3v) is 6.43. The number of nitrogens with one attached hydrogen (secondary N) is 1. The number of furan rings is 1. The minimum Gasteiger partial charge on any atom is -0.467 e. The van der Waals surface area contributed by atoms with E-state index in [9.17, 15) is 4.79 Å². The van der Waals surface area contributed by atoms with Crippen molar-refractivity contribution in [3.63, 3.8) is 0 Å². The second-order valence-electron chi connectivity index (χ2n) is 7.61. The molecule has 35 heavy (non-hydrogen) atoms. The average molecular weight is 502 g/mol. The van der Waals surface area contributed by atoms with Gasteiger partial charge in [0.1, 0.15) is 5.76 Å². The quantitative estimate of drug-likeness (QED) is 0.270. The van der Waals surface area contributed by atoms with Gasteiger partial charge in [-0.05, 0) is 60.2 Å². The number of benzene rings is 2. The topological polar surface area (TPSA) is 85.8 Å². The molecule has 0 spiro atoms. The molecule has 0 radical (unpaired) electrons. The first-order chi connectivity index (χ1) is 17.2. The van der Waals surface area contributed by atoms with Gasteiger partial charge in [-0.25, -0.2) is 0 Å². The fourth-order valence-corrected chi connectivity index (χ4v) is 4.61. The van der Waals surface area contributed by atoms with Crippen molar-refractivity contribution >= 4 is 29.3 Å². The van der Waals surface area contributed by atoms with E-state index in [-0.39, 0.29) is 5.91 Å². The van der Waals surface area contributed by atoms with Gasteiger partial charge in [-0.15, -0.1) is 10.2 Å². The summed E-state index contributed by atoms with van der Waals surface area (Å²) in [7, 11) is 0. The number of thioether (sulfide) groups is 1. The molecule has 3 heterocycles. The maximum atomic E-state index is 12.6. The summed E-state index contributed by atoms with van der Waals surface area (Å²) in [5.41, 5.74) is 3.34. The van der Waals surface area contributed by atoms with Crippen LogP contribution in [-0.2, 0) is 12.3 Å². The minimum absolute atomic E-state index is 0.157. The molecule has 0 bridgehead atoms. The van der Waals surface area contributed by atoms with Crippen molar-refractivity contribution in [2.45, 2.75) is 17.5 Å². The fraction of sp³-hybridized carbons (Fsp3) is 0.0769. The van der Waals surface area contributed by atoms with Crippen molar-refractivity contribution < 1.29 is 9.21 Å². The highest BCUT2D eigenvalue weighted by Crippen LogP contribution is 2.30. The van der Waals surface area contributed by atoms with Crippen molar-refractivity contribution in [2.75, 3.05) is 0 Å². The van der Waals surface area contributed by atoms with Gasteiger partial charge >= 0.3 is 0 Å². The lowest BCUT2D eigenvalue weighted by atomic mass is 10.1. The van der Waals surface area contributed by atoms with Crippen LogP contribution in [0.4, 0.5) is 0 Å². The smallest absolute Gasteiger partial charge is 0.251 e. The Morgan fingerprint density at radius 3 is 2.66 bits per heavy atom. The molecule has 0 atom stereocenters. The Kier molecular flexibility index (Phi) is 6.92. The molecule has 0 saturated heterocycles.